The number of carbonyl (C=O) groups excluding carboxylic acids is 1. The Kier molecular flexibility index (Phi) is 3.33. The lowest BCUT2D eigenvalue weighted by Gasteiger charge is -2.09. The van der Waals surface area contributed by atoms with E-state index in [4.69, 9.17) is 5.26 Å². The Labute approximate surface area is 111 Å². The van der Waals surface area contributed by atoms with Crippen molar-refractivity contribution in [3.8, 4) is 6.07 Å². The van der Waals surface area contributed by atoms with Crippen molar-refractivity contribution in [1.82, 2.24) is 0 Å². The van der Waals surface area contributed by atoms with Crippen LogP contribution < -0.4 is 0 Å². The van der Waals surface area contributed by atoms with E-state index in [1.54, 1.807) is 6.07 Å². The zero-order valence-corrected chi connectivity index (χ0v) is 11.5. The van der Waals surface area contributed by atoms with Gasteiger partial charge in [-0.25, -0.2) is 13.2 Å². The van der Waals surface area contributed by atoms with Crippen molar-refractivity contribution < 1.29 is 17.9 Å². The Bertz CT molecular complexity index is 685. The molecule has 0 N–H and O–H groups in total. The number of nitrogens with zero attached hydrogens (tertiary/aromatic N) is 1. The van der Waals surface area contributed by atoms with Crippen LogP contribution in [-0.4, -0.2) is 27.2 Å². The predicted octanol–water partition coefficient (Wildman–Crippen LogP) is 1.43. The Morgan fingerprint density at radius 3 is 2.74 bits per heavy atom. The van der Waals surface area contributed by atoms with Gasteiger partial charge in [-0.3, -0.25) is 0 Å². The topological polar surface area (TPSA) is 84.2 Å². The second kappa shape index (κ2) is 4.67. The summed E-state index contributed by atoms with van der Waals surface area (Å²) in [5.41, 5.74) is 1.45. The lowest BCUT2D eigenvalue weighted by molar-refractivity contribution is 0.0599. The summed E-state index contributed by atoms with van der Waals surface area (Å²) in [5, 5.41) is 9.03. The molecule has 0 saturated carbocycles. The first-order chi connectivity index (χ1) is 8.94. The van der Waals surface area contributed by atoms with E-state index >= 15 is 0 Å². The molecule has 0 fully saturated rings. The van der Waals surface area contributed by atoms with E-state index < -0.39 is 21.7 Å². The van der Waals surface area contributed by atoms with Crippen LogP contribution in [0.4, 0.5) is 0 Å². The maximum absolute atomic E-state index is 12.0. The number of nitriles is 1. The van der Waals surface area contributed by atoms with E-state index in [0.29, 0.717) is 17.5 Å². The van der Waals surface area contributed by atoms with E-state index in [1.807, 2.05) is 13.0 Å². The molecule has 0 bridgehead atoms. The van der Waals surface area contributed by atoms with Gasteiger partial charge in [0.2, 0.25) is 0 Å². The number of fused-ring (bicyclic) bond motifs is 1. The molecule has 1 atom stereocenters. The Morgan fingerprint density at radius 1 is 1.53 bits per heavy atom. The lowest BCUT2D eigenvalue weighted by Crippen LogP contribution is -2.08. The van der Waals surface area contributed by atoms with Gasteiger partial charge in [0.1, 0.15) is 0 Å². The predicted molar refractivity (Wildman–Crippen MR) is 67.6 cm³/mol. The maximum atomic E-state index is 12.0. The molecule has 0 spiro atoms. The first-order valence-electron chi connectivity index (χ1n) is 5.82. The average molecular weight is 279 g/mol. The number of hydrogen-bond donors (Lipinski definition) is 0. The summed E-state index contributed by atoms with van der Waals surface area (Å²) in [4.78, 5) is 11.8. The molecule has 0 aromatic heterocycles. The summed E-state index contributed by atoms with van der Waals surface area (Å²) in [5.74, 6) is -1.43. The minimum Gasteiger partial charge on any atom is -0.465 e. The summed E-state index contributed by atoms with van der Waals surface area (Å²) in [6.07, 6.45) is 0.565. The summed E-state index contributed by atoms with van der Waals surface area (Å²) >= 11 is 0. The molecule has 1 aromatic carbocycles. The summed E-state index contributed by atoms with van der Waals surface area (Å²) in [6, 6.07) is 4.97. The van der Waals surface area contributed by atoms with Crippen LogP contribution in [0.3, 0.4) is 0 Å². The van der Waals surface area contributed by atoms with Crippen LogP contribution in [0.15, 0.2) is 17.0 Å². The molecule has 0 aliphatic carbocycles. The molecule has 1 unspecified atom stereocenters. The summed E-state index contributed by atoms with van der Waals surface area (Å²) in [6.45, 7) is 1.86. The average Bonchev–Trinajstić information content (AvgIpc) is 2.67. The second-order valence-corrected chi connectivity index (χ2v) is 6.36. The van der Waals surface area contributed by atoms with Crippen molar-refractivity contribution in [1.29, 1.82) is 5.26 Å². The van der Waals surface area contributed by atoms with Gasteiger partial charge in [0.25, 0.3) is 0 Å². The molecule has 1 aliphatic heterocycles. The van der Waals surface area contributed by atoms with Gasteiger partial charge < -0.3 is 4.74 Å². The third-order valence-electron chi connectivity index (χ3n) is 3.27. The number of methoxy groups -OCH3 is 1. The quantitative estimate of drug-likeness (QED) is 0.765. The molecule has 0 radical (unpaired) electrons. The van der Waals surface area contributed by atoms with Crippen LogP contribution in [-0.2, 0) is 21.0 Å². The second-order valence-electron chi connectivity index (χ2n) is 4.36. The molecule has 100 valence electrons. The normalized spacial score (nSPS) is 19.5. The van der Waals surface area contributed by atoms with Gasteiger partial charge in [0.15, 0.2) is 9.84 Å². The minimum atomic E-state index is -3.49. The van der Waals surface area contributed by atoms with E-state index in [2.05, 4.69) is 4.74 Å². The van der Waals surface area contributed by atoms with E-state index in [9.17, 15) is 13.2 Å². The van der Waals surface area contributed by atoms with Crippen LogP contribution >= 0.6 is 0 Å². The standard InChI is InChI=1S/C13H13NO4S/c1-3-8-4-10-9(6-14)7-19(16,17)12(10)5-11(8)13(15)18-2/h4-5,9H,3,7H2,1-2H3. The third-order valence-corrected chi connectivity index (χ3v) is 5.07. The molecule has 0 saturated heterocycles. The number of benzene rings is 1. The highest BCUT2D eigenvalue weighted by Gasteiger charge is 2.36. The zero-order valence-electron chi connectivity index (χ0n) is 10.6. The fourth-order valence-corrected chi connectivity index (χ4v) is 4.01. The monoisotopic (exact) mass is 279 g/mol. The first kappa shape index (κ1) is 13.6. The van der Waals surface area contributed by atoms with E-state index in [1.165, 1.54) is 13.2 Å². The Hall–Kier alpha value is -1.87. The lowest BCUT2D eigenvalue weighted by atomic mass is 9.96. The van der Waals surface area contributed by atoms with Crippen LogP contribution in [0.5, 0.6) is 0 Å². The molecule has 1 heterocycles. The van der Waals surface area contributed by atoms with Gasteiger partial charge in [-0.2, -0.15) is 5.26 Å². The van der Waals surface area contributed by atoms with E-state index in [0.717, 1.165) is 0 Å². The first-order valence-corrected chi connectivity index (χ1v) is 7.47. The summed E-state index contributed by atoms with van der Waals surface area (Å²) in [7, 11) is -2.23. The SMILES string of the molecule is CCc1cc2c(cc1C(=O)OC)S(=O)(=O)CC2C#N. The minimum absolute atomic E-state index is 0.0802. The highest BCUT2D eigenvalue weighted by molar-refractivity contribution is 7.91. The van der Waals surface area contributed by atoms with Gasteiger partial charge in [-0.1, -0.05) is 13.0 Å². The van der Waals surface area contributed by atoms with Crippen molar-refractivity contribution in [2.24, 2.45) is 0 Å². The number of hydrogen-bond acceptors (Lipinski definition) is 5. The number of esters is 1. The fourth-order valence-electron chi connectivity index (χ4n) is 2.28. The molecule has 1 aliphatic rings. The van der Waals surface area contributed by atoms with Gasteiger partial charge in [0, 0.05) is 0 Å². The highest BCUT2D eigenvalue weighted by atomic mass is 32.2. The maximum Gasteiger partial charge on any atom is 0.338 e. The highest BCUT2D eigenvalue weighted by Crippen LogP contribution is 2.36. The van der Waals surface area contributed by atoms with Crippen LogP contribution in [0.2, 0.25) is 0 Å². The molecule has 6 heteroatoms. The zero-order chi connectivity index (χ0) is 14.2. The molecule has 2 rings (SSSR count). The molecule has 19 heavy (non-hydrogen) atoms. The van der Waals surface area contributed by atoms with Crippen molar-refractivity contribution in [3.05, 3.63) is 28.8 Å². The number of rotatable bonds is 2. The molecule has 0 amide bonds. The van der Waals surface area contributed by atoms with Crippen LogP contribution in [0.1, 0.15) is 34.3 Å². The largest absolute Gasteiger partial charge is 0.465 e. The molecular weight excluding hydrogens is 266 g/mol. The van der Waals surface area contributed by atoms with E-state index in [-0.39, 0.29) is 16.2 Å². The third kappa shape index (κ3) is 2.10. The number of ether oxygens (including phenoxy) is 1. The molecular formula is C13H13NO4S. The fraction of sp³-hybridized carbons (Fsp3) is 0.385. The Balaban J connectivity index is 2.73. The number of sulfone groups is 1. The van der Waals surface area contributed by atoms with Crippen molar-refractivity contribution >= 4 is 15.8 Å². The summed E-state index contributed by atoms with van der Waals surface area (Å²) < 4.78 is 28.6. The van der Waals surface area contributed by atoms with Crippen molar-refractivity contribution in [2.45, 2.75) is 24.2 Å². The Morgan fingerprint density at radius 2 is 2.21 bits per heavy atom. The van der Waals surface area contributed by atoms with Crippen LogP contribution in [0, 0.1) is 11.3 Å². The van der Waals surface area contributed by atoms with Crippen LogP contribution in [0.25, 0.3) is 0 Å². The van der Waals surface area contributed by atoms with Crippen molar-refractivity contribution in [2.75, 3.05) is 12.9 Å². The van der Waals surface area contributed by atoms with Gasteiger partial charge in [-0.15, -0.1) is 0 Å². The molecule has 1 aromatic rings. The molecule has 5 nitrogen and oxygen atoms in total. The van der Waals surface area contributed by atoms with Gasteiger partial charge >= 0.3 is 5.97 Å². The van der Waals surface area contributed by atoms with Gasteiger partial charge in [-0.05, 0) is 23.6 Å². The number of aryl methyl sites for hydroxylation is 1. The van der Waals surface area contributed by atoms with Crippen molar-refractivity contribution in [3.63, 3.8) is 0 Å². The number of carbonyl (C=O) groups is 1. The van der Waals surface area contributed by atoms with Gasteiger partial charge in [0.05, 0.1) is 35.3 Å². The smallest absolute Gasteiger partial charge is 0.338 e.